The smallest absolute Gasteiger partial charge is 0.157 e. The third-order valence-electron chi connectivity index (χ3n) is 3.51. The van der Waals surface area contributed by atoms with Crippen LogP contribution in [0.2, 0.25) is 0 Å². The molecule has 3 rings (SSSR count). The average Bonchev–Trinajstić information content (AvgIpc) is 2.69. The molecule has 1 aliphatic carbocycles. The van der Waals surface area contributed by atoms with Gasteiger partial charge in [0.25, 0.3) is 0 Å². The van der Waals surface area contributed by atoms with E-state index in [4.69, 9.17) is 0 Å². The molecule has 0 aliphatic heterocycles. The van der Waals surface area contributed by atoms with Crippen molar-refractivity contribution in [3.63, 3.8) is 0 Å². The summed E-state index contributed by atoms with van der Waals surface area (Å²) in [5.74, 6) is 1.73. The van der Waals surface area contributed by atoms with E-state index in [9.17, 15) is 0 Å². The van der Waals surface area contributed by atoms with Gasteiger partial charge in [0.15, 0.2) is 5.65 Å². The summed E-state index contributed by atoms with van der Waals surface area (Å²) in [7, 11) is 0. The van der Waals surface area contributed by atoms with E-state index in [-0.39, 0.29) is 0 Å². The molecule has 2 heterocycles. The van der Waals surface area contributed by atoms with Crippen molar-refractivity contribution >= 4 is 11.5 Å². The highest BCUT2D eigenvalue weighted by atomic mass is 15.2. The summed E-state index contributed by atoms with van der Waals surface area (Å²) in [6, 6.07) is 3.88. The van der Waals surface area contributed by atoms with E-state index in [0.29, 0.717) is 5.41 Å². The van der Waals surface area contributed by atoms with Crippen LogP contribution in [0.15, 0.2) is 24.5 Å². The van der Waals surface area contributed by atoms with Gasteiger partial charge in [0.1, 0.15) is 5.82 Å². The first-order valence-corrected chi connectivity index (χ1v) is 5.69. The normalized spacial score (nSPS) is 22.2. The molecule has 0 aromatic carbocycles. The maximum absolute atomic E-state index is 4.47. The summed E-state index contributed by atoms with van der Waals surface area (Å²) in [6.45, 7) is 5.64. The van der Waals surface area contributed by atoms with Gasteiger partial charge >= 0.3 is 0 Å². The predicted molar refractivity (Wildman–Crippen MR) is 63.4 cm³/mol. The van der Waals surface area contributed by atoms with Crippen molar-refractivity contribution in [3.05, 3.63) is 24.5 Å². The Labute approximate surface area is 94.7 Å². The molecule has 4 heteroatoms. The molecular formula is C12H16N4. The number of aromatic nitrogens is 3. The third kappa shape index (κ3) is 1.64. The van der Waals surface area contributed by atoms with E-state index in [0.717, 1.165) is 23.9 Å². The SMILES string of the molecule is CC1(C)CC1CNc1ccn2nccc2n1. The van der Waals surface area contributed by atoms with Crippen LogP contribution in [-0.2, 0) is 0 Å². The second-order valence-electron chi connectivity index (χ2n) is 5.22. The Bertz CT molecular complexity index is 514. The van der Waals surface area contributed by atoms with Crippen molar-refractivity contribution in [3.8, 4) is 0 Å². The number of nitrogens with zero attached hydrogens (tertiary/aromatic N) is 3. The van der Waals surface area contributed by atoms with Crippen molar-refractivity contribution in [1.29, 1.82) is 0 Å². The van der Waals surface area contributed by atoms with Crippen LogP contribution in [0.1, 0.15) is 20.3 Å². The van der Waals surface area contributed by atoms with Gasteiger partial charge in [0, 0.05) is 18.8 Å². The lowest BCUT2D eigenvalue weighted by atomic mass is 10.1. The molecule has 1 saturated carbocycles. The van der Waals surface area contributed by atoms with Crippen molar-refractivity contribution in [1.82, 2.24) is 14.6 Å². The zero-order valence-electron chi connectivity index (χ0n) is 9.64. The molecule has 0 bridgehead atoms. The minimum atomic E-state index is 0.522. The van der Waals surface area contributed by atoms with Crippen LogP contribution in [0.5, 0.6) is 0 Å². The Kier molecular flexibility index (Phi) is 1.93. The standard InChI is InChI=1S/C12H16N4/c1-12(2)7-9(12)8-13-10-4-6-16-11(15-10)3-5-14-16/h3-6,9H,7-8H2,1-2H3,(H,13,15). The Hall–Kier alpha value is -1.58. The van der Waals surface area contributed by atoms with Crippen LogP contribution in [0.4, 0.5) is 5.82 Å². The Morgan fingerprint density at radius 1 is 1.50 bits per heavy atom. The lowest BCUT2D eigenvalue weighted by molar-refractivity contribution is 0.573. The maximum atomic E-state index is 4.47. The fraction of sp³-hybridized carbons (Fsp3) is 0.500. The van der Waals surface area contributed by atoms with Crippen molar-refractivity contribution in [2.24, 2.45) is 11.3 Å². The molecular weight excluding hydrogens is 200 g/mol. The van der Waals surface area contributed by atoms with Crippen molar-refractivity contribution in [2.45, 2.75) is 20.3 Å². The van der Waals surface area contributed by atoms with Crippen LogP contribution < -0.4 is 5.32 Å². The van der Waals surface area contributed by atoms with E-state index in [2.05, 4.69) is 29.2 Å². The molecule has 1 N–H and O–H groups in total. The van der Waals surface area contributed by atoms with Crippen LogP contribution in [-0.4, -0.2) is 21.1 Å². The molecule has 1 atom stereocenters. The maximum Gasteiger partial charge on any atom is 0.157 e. The second kappa shape index (κ2) is 3.20. The summed E-state index contributed by atoms with van der Waals surface area (Å²) < 4.78 is 1.77. The molecule has 0 spiro atoms. The number of fused-ring (bicyclic) bond motifs is 1. The lowest BCUT2D eigenvalue weighted by Crippen LogP contribution is -2.08. The summed E-state index contributed by atoms with van der Waals surface area (Å²) in [6.07, 6.45) is 5.01. The van der Waals surface area contributed by atoms with E-state index in [1.54, 1.807) is 10.7 Å². The second-order valence-corrected chi connectivity index (χ2v) is 5.22. The van der Waals surface area contributed by atoms with Crippen LogP contribution in [0.25, 0.3) is 5.65 Å². The lowest BCUT2D eigenvalue weighted by Gasteiger charge is -2.06. The molecule has 1 unspecified atom stereocenters. The van der Waals surface area contributed by atoms with Gasteiger partial charge in [0.2, 0.25) is 0 Å². The third-order valence-corrected chi connectivity index (χ3v) is 3.51. The molecule has 2 aromatic rings. The van der Waals surface area contributed by atoms with Gasteiger partial charge in [-0.2, -0.15) is 5.10 Å². The minimum Gasteiger partial charge on any atom is -0.370 e. The molecule has 1 aliphatic rings. The highest BCUT2D eigenvalue weighted by molar-refractivity contribution is 5.45. The van der Waals surface area contributed by atoms with Crippen molar-refractivity contribution < 1.29 is 0 Å². The summed E-state index contributed by atoms with van der Waals surface area (Å²) >= 11 is 0. The van der Waals surface area contributed by atoms with Gasteiger partial charge in [-0.15, -0.1) is 0 Å². The minimum absolute atomic E-state index is 0.522. The van der Waals surface area contributed by atoms with E-state index in [1.807, 2.05) is 18.3 Å². The Morgan fingerprint density at radius 2 is 2.31 bits per heavy atom. The Morgan fingerprint density at radius 3 is 3.06 bits per heavy atom. The molecule has 0 saturated heterocycles. The number of hydrogen-bond acceptors (Lipinski definition) is 3. The van der Waals surface area contributed by atoms with E-state index < -0.39 is 0 Å². The van der Waals surface area contributed by atoms with E-state index >= 15 is 0 Å². The summed E-state index contributed by atoms with van der Waals surface area (Å²) in [4.78, 5) is 4.47. The molecule has 4 nitrogen and oxygen atoms in total. The molecule has 2 aromatic heterocycles. The van der Waals surface area contributed by atoms with Gasteiger partial charge in [-0.05, 0) is 23.8 Å². The number of rotatable bonds is 3. The first-order valence-electron chi connectivity index (χ1n) is 5.69. The monoisotopic (exact) mass is 216 g/mol. The number of nitrogens with one attached hydrogen (secondary N) is 1. The molecule has 0 amide bonds. The topological polar surface area (TPSA) is 42.2 Å². The highest BCUT2D eigenvalue weighted by Gasteiger charge is 2.44. The van der Waals surface area contributed by atoms with E-state index in [1.165, 1.54) is 6.42 Å². The predicted octanol–water partition coefficient (Wildman–Crippen LogP) is 2.19. The highest BCUT2D eigenvalue weighted by Crippen LogP contribution is 2.51. The number of hydrogen-bond donors (Lipinski definition) is 1. The first-order chi connectivity index (χ1) is 7.65. The summed E-state index contributed by atoms with van der Waals surface area (Å²) in [5.41, 5.74) is 1.41. The van der Waals surface area contributed by atoms with Crippen LogP contribution >= 0.6 is 0 Å². The Balaban J connectivity index is 1.70. The van der Waals surface area contributed by atoms with Crippen LogP contribution in [0.3, 0.4) is 0 Å². The zero-order valence-corrected chi connectivity index (χ0v) is 9.64. The largest absolute Gasteiger partial charge is 0.370 e. The molecule has 1 fully saturated rings. The molecule has 16 heavy (non-hydrogen) atoms. The fourth-order valence-electron chi connectivity index (χ4n) is 2.06. The average molecular weight is 216 g/mol. The van der Waals surface area contributed by atoms with Gasteiger partial charge in [-0.1, -0.05) is 13.8 Å². The van der Waals surface area contributed by atoms with Gasteiger partial charge in [0.05, 0.1) is 6.20 Å². The van der Waals surface area contributed by atoms with Gasteiger partial charge < -0.3 is 5.32 Å². The number of anilines is 1. The van der Waals surface area contributed by atoms with Gasteiger partial charge in [-0.25, -0.2) is 9.50 Å². The van der Waals surface area contributed by atoms with Crippen molar-refractivity contribution in [2.75, 3.05) is 11.9 Å². The van der Waals surface area contributed by atoms with Gasteiger partial charge in [-0.3, -0.25) is 0 Å². The fourth-order valence-corrected chi connectivity index (χ4v) is 2.06. The quantitative estimate of drug-likeness (QED) is 0.855. The first kappa shape index (κ1) is 9.63. The zero-order chi connectivity index (χ0) is 11.2. The van der Waals surface area contributed by atoms with Crippen LogP contribution in [0, 0.1) is 11.3 Å². The molecule has 84 valence electrons. The molecule has 0 radical (unpaired) electrons. The summed E-state index contributed by atoms with van der Waals surface area (Å²) in [5, 5.41) is 7.51.